The average Bonchev–Trinajstić information content (AvgIpc) is 3.00. The molecule has 1 aromatic heterocycles. The summed E-state index contributed by atoms with van der Waals surface area (Å²) >= 11 is 1.57. The van der Waals surface area contributed by atoms with Gasteiger partial charge in [0.2, 0.25) is 5.78 Å². The zero-order valence-corrected chi connectivity index (χ0v) is 15.7. The molecule has 0 unspecified atom stereocenters. The van der Waals surface area contributed by atoms with Gasteiger partial charge in [-0.25, -0.2) is 4.98 Å². The predicted molar refractivity (Wildman–Crippen MR) is 97.5 cm³/mol. The van der Waals surface area contributed by atoms with Crippen LogP contribution in [0.5, 0.6) is 0 Å². The van der Waals surface area contributed by atoms with Crippen LogP contribution in [-0.4, -0.2) is 16.7 Å². The van der Waals surface area contributed by atoms with E-state index in [-0.39, 0.29) is 12.0 Å². The summed E-state index contributed by atoms with van der Waals surface area (Å²) in [4.78, 5) is 28.7. The Labute approximate surface area is 147 Å². The van der Waals surface area contributed by atoms with E-state index in [1.54, 1.807) is 23.5 Å². The number of hydrogen-bond donors (Lipinski definition) is 1. The van der Waals surface area contributed by atoms with Crippen molar-refractivity contribution in [2.75, 3.05) is 0 Å². The first-order valence-electron chi connectivity index (χ1n) is 8.06. The van der Waals surface area contributed by atoms with Gasteiger partial charge < -0.3 is 5.32 Å². The van der Waals surface area contributed by atoms with Gasteiger partial charge in [0.15, 0.2) is 0 Å². The minimum Gasteiger partial charge on any atom is -0.343 e. The summed E-state index contributed by atoms with van der Waals surface area (Å²) in [6.07, 6.45) is 0. The smallest absolute Gasteiger partial charge is 0.292 e. The molecular formula is C19H24N2O2S. The van der Waals surface area contributed by atoms with Gasteiger partial charge in [0.1, 0.15) is 0 Å². The fourth-order valence-electron chi connectivity index (χ4n) is 2.17. The Morgan fingerprint density at radius 3 is 2.29 bits per heavy atom. The molecular weight excluding hydrogens is 320 g/mol. The summed E-state index contributed by atoms with van der Waals surface area (Å²) in [5.41, 5.74) is 2.33. The van der Waals surface area contributed by atoms with Crippen molar-refractivity contribution < 1.29 is 9.59 Å². The third-order valence-corrected chi connectivity index (χ3v) is 4.91. The normalized spacial score (nSPS) is 11.6. The quantitative estimate of drug-likeness (QED) is 0.657. The molecule has 2 rings (SSSR count). The van der Waals surface area contributed by atoms with Gasteiger partial charge in [-0.15, -0.1) is 11.3 Å². The van der Waals surface area contributed by atoms with E-state index in [2.05, 4.69) is 44.9 Å². The summed E-state index contributed by atoms with van der Waals surface area (Å²) in [5, 5.41) is 5.60. The monoisotopic (exact) mass is 344 g/mol. The van der Waals surface area contributed by atoms with E-state index in [4.69, 9.17) is 0 Å². The minimum atomic E-state index is -0.599. The van der Waals surface area contributed by atoms with Gasteiger partial charge in [-0.05, 0) is 11.0 Å². The van der Waals surface area contributed by atoms with Gasteiger partial charge >= 0.3 is 0 Å². The molecule has 2 aromatic rings. The molecule has 1 amide bonds. The van der Waals surface area contributed by atoms with E-state index in [1.165, 1.54) is 0 Å². The third kappa shape index (κ3) is 4.51. The van der Waals surface area contributed by atoms with E-state index < -0.39 is 11.7 Å². The molecule has 0 saturated heterocycles. The second-order valence-electron chi connectivity index (χ2n) is 7.17. The molecule has 0 aliphatic rings. The fraction of sp³-hybridized carbons (Fsp3) is 0.421. The molecule has 1 N–H and O–H groups in total. The number of rotatable bonds is 5. The number of ketones is 1. The van der Waals surface area contributed by atoms with Crippen LogP contribution < -0.4 is 5.32 Å². The van der Waals surface area contributed by atoms with Crippen molar-refractivity contribution >= 4 is 23.0 Å². The highest BCUT2D eigenvalue weighted by Crippen LogP contribution is 2.22. The first-order chi connectivity index (χ1) is 11.2. The van der Waals surface area contributed by atoms with E-state index in [0.717, 1.165) is 16.3 Å². The van der Waals surface area contributed by atoms with Crippen LogP contribution >= 0.6 is 11.3 Å². The lowest BCUT2D eigenvalue weighted by Gasteiger charge is -2.18. The van der Waals surface area contributed by atoms with Crippen LogP contribution in [0.2, 0.25) is 0 Å². The number of thiazole rings is 1. The maximum absolute atomic E-state index is 12.2. The van der Waals surface area contributed by atoms with Crippen molar-refractivity contribution in [1.82, 2.24) is 10.3 Å². The topological polar surface area (TPSA) is 59.1 Å². The summed E-state index contributed by atoms with van der Waals surface area (Å²) in [6, 6.07) is 7.22. The lowest BCUT2D eigenvalue weighted by Crippen LogP contribution is -2.30. The van der Waals surface area contributed by atoms with E-state index in [1.807, 2.05) is 17.5 Å². The zero-order chi connectivity index (χ0) is 17.9. The van der Waals surface area contributed by atoms with Crippen LogP contribution in [0.4, 0.5) is 0 Å². The number of nitrogens with zero attached hydrogens (tertiary/aromatic N) is 1. The largest absolute Gasteiger partial charge is 0.343 e. The van der Waals surface area contributed by atoms with Crippen LogP contribution in [0.15, 0.2) is 29.6 Å². The van der Waals surface area contributed by atoms with Crippen molar-refractivity contribution in [3.8, 4) is 0 Å². The molecule has 0 aliphatic heterocycles. The molecule has 1 heterocycles. The molecule has 1 aromatic carbocycles. The molecule has 128 valence electrons. The van der Waals surface area contributed by atoms with Crippen LogP contribution in [-0.2, 0) is 16.8 Å². The zero-order valence-electron chi connectivity index (χ0n) is 14.8. The molecule has 0 fully saturated rings. The highest BCUT2D eigenvalue weighted by Gasteiger charge is 2.18. The fourth-order valence-corrected chi connectivity index (χ4v) is 3.01. The molecule has 0 atom stereocenters. The lowest BCUT2D eigenvalue weighted by molar-refractivity contribution is -0.117. The van der Waals surface area contributed by atoms with Crippen molar-refractivity contribution in [2.45, 2.75) is 52.5 Å². The van der Waals surface area contributed by atoms with Crippen LogP contribution in [0, 0.1) is 0 Å². The van der Waals surface area contributed by atoms with Crippen LogP contribution in [0.3, 0.4) is 0 Å². The number of hydrogen-bond acceptors (Lipinski definition) is 4. The highest BCUT2D eigenvalue weighted by molar-refractivity contribution is 7.09. The Morgan fingerprint density at radius 1 is 1.17 bits per heavy atom. The first-order valence-corrected chi connectivity index (χ1v) is 8.94. The van der Waals surface area contributed by atoms with Crippen molar-refractivity contribution in [3.63, 3.8) is 0 Å². The maximum atomic E-state index is 12.2. The van der Waals surface area contributed by atoms with Crippen molar-refractivity contribution in [3.05, 3.63) is 51.5 Å². The molecule has 0 saturated carbocycles. The Bertz CT molecular complexity index is 725. The molecule has 0 aliphatic carbocycles. The molecule has 24 heavy (non-hydrogen) atoms. The van der Waals surface area contributed by atoms with Crippen LogP contribution in [0.1, 0.15) is 67.2 Å². The number of Topliss-reactive ketones (excluding diaryl/α,β-unsaturated/α-hetero) is 1. The number of carbonyl (C=O) groups excluding carboxylic acids is 2. The molecule has 0 bridgehead atoms. The maximum Gasteiger partial charge on any atom is 0.292 e. The van der Waals surface area contributed by atoms with E-state index in [0.29, 0.717) is 11.5 Å². The molecule has 4 nitrogen and oxygen atoms in total. The standard InChI is InChI=1S/C19H24N2O2S/c1-12(2)18-21-15(11-24-18)10-20-17(23)16(22)13-6-8-14(9-7-13)19(3,4)5/h6-9,11-12H,10H2,1-5H3,(H,20,23). The van der Waals surface area contributed by atoms with Crippen molar-refractivity contribution in [1.29, 1.82) is 0 Å². The summed E-state index contributed by atoms with van der Waals surface area (Å²) in [7, 11) is 0. The van der Waals surface area contributed by atoms with Crippen LogP contribution in [0.25, 0.3) is 0 Å². The average molecular weight is 344 g/mol. The van der Waals surface area contributed by atoms with E-state index in [9.17, 15) is 9.59 Å². The molecule has 5 heteroatoms. The SMILES string of the molecule is CC(C)c1nc(CNC(=O)C(=O)c2ccc(C(C)(C)C)cc2)cs1. The highest BCUT2D eigenvalue weighted by atomic mass is 32.1. The second-order valence-corrected chi connectivity index (χ2v) is 8.06. The van der Waals surface area contributed by atoms with Crippen molar-refractivity contribution in [2.24, 2.45) is 0 Å². The Balaban J connectivity index is 1.97. The summed E-state index contributed by atoms with van der Waals surface area (Å²) < 4.78 is 0. The van der Waals surface area contributed by atoms with Gasteiger partial charge in [0.25, 0.3) is 5.91 Å². The predicted octanol–water partition coefficient (Wildman–Crippen LogP) is 4.06. The lowest BCUT2D eigenvalue weighted by atomic mass is 9.86. The first kappa shape index (κ1) is 18.3. The Hall–Kier alpha value is -2.01. The molecule has 0 radical (unpaired) electrons. The Morgan fingerprint density at radius 2 is 1.79 bits per heavy atom. The van der Waals surface area contributed by atoms with Gasteiger partial charge in [-0.1, -0.05) is 58.9 Å². The minimum absolute atomic E-state index is 0.0164. The van der Waals surface area contributed by atoms with Gasteiger partial charge in [0, 0.05) is 16.9 Å². The number of carbonyl (C=O) groups is 2. The third-order valence-electron chi connectivity index (χ3n) is 3.71. The number of nitrogens with one attached hydrogen (secondary N) is 1. The van der Waals surface area contributed by atoms with Gasteiger partial charge in [0.05, 0.1) is 17.2 Å². The van der Waals surface area contributed by atoms with Gasteiger partial charge in [-0.3, -0.25) is 9.59 Å². The second kappa shape index (κ2) is 7.26. The summed E-state index contributed by atoms with van der Waals surface area (Å²) in [6.45, 7) is 10.7. The number of amides is 1. The van der Waals surface area contributed by atoms with E-state index >= 15 is 0 Å². The molecule has 0 spiro atoms. The number of aromatic nitrogens is 1. The Kier molecular flexibility index (Phi) is 5.54. The van der Waals surface area contributed by atoms with Gasteiger partial charge in [-0.2, -0.15) is 0 Å². The number of benzene rings is 1. The summed E-state index contributed by atoms with van der Waals surface area (Å²) in [5.74, 6) is -0.755.